The van der Waals surface area contributed by atoms with Crippen LogP contribution in [-0.4, -0.2) is 36.1 Å². The van der Waals surface area contributed by atoms with Crippen molar-refractivity contribution in [2.75, 3.05) is 19.0 Å². The molecule has 0 heterocycles. The van der Waals surface area contributed by atoms with Crippen molar-refractivity contribution in [3.05, 3.63) is 58.6 Å². The van der Waals surface area contributed by atoms with Crippen LogP contribution in [0.25, 0.3) is 0 Å². The number of hydrogen-bond donors (Lipinski definition) is 1. The number of benzene rings is 2. The van der Waals surface area contributed by atoms with Crippen molar-refractivity contribution in [1.82, 2.24) is 0 Å². The number of hydrogen-bond acceptors (Lipinski definition) is 4. The van der Waals surface area contributed by atoms with Crippen LogP contribution in [0.4, 0.5) is 13.2 Å². The van der Waals surface area contributed by atoms with Crippen LogP contribution < -0.4 is 4.74 Å². The summed E-state index contributed by atoms with van der Waals surface area (Å²) in [5, 5.41) is 9.29. The van der Waals surface area contributed by atoms with Gasteiger partial charge in [0.1, 0.15) is 18.5 Å². The van der Waals surface area contributed by atoms with E-state index in [0.717, 1.165) is 17.0 Å². The molecule has 1 N–H and O–H groups in total. The lowest BCUT2D eigenvalue weighted by atomic mass is 10.1. The lowest BCUT2D eigenvalue weighted by Crippen LogP contribution is -2.24. The summed E-state index contributed by atoms with van der Waals surface area (Å²) in [5.74, 6) is -0.103. The van der Waals surface area contributed by atoms with Gasteiger partial charge in [0.2, 0.25) is 0 Å². The van der Waals surface area contributed by atoms with Crippen LogP contribution >= 0.6 is 23.4 Å². The van der Waals surface area contributed by atoms with Crippen LogP contribution in [-0.2, 0) is 22.1 Å². The Labute approximate surface area is 176 Å². The van der Waals surface area contributed by atoms with Gasteiger partial charge in [-0.2, -0.15) is 13.2 Å². The zero-order chi connectivity index (χ0) is 21.4. The van der Waals surface area contributed by atoms with E-state index >= 15 is 0 Å². The molecular formula is C20H20ClF3O4S. The standard InChI is InChI=1S/C20H20ClF3O4S/c1-2-27-16(11-28-15-6-4-14(5-7-15)20(22,23)24)12-29-18-8-3-13(9-17(18)21)10-19(25)26/h3-9,16H,2,10-12H2,1H3,(H,25,26). The number of carboxylic acids is 1. The maximum atomic E-state index is 12.6. The quantitative estimate of drug-likeness (QED) is 0.482. The van der Waals surface area contributed by atoms with Gasteiger partial charge in [-0.1, -0.05) is 17.7 Å². The van der Waals surface area contributed by atoms with Crippen molar-refractivity contribution in [1.29, 1.82) is 0 Å². The predicted molar refractivity (Wildman–Crippen MR) is 106 cm³/mol. The Balaban J connectivity index is 1.92. The maximum Gasteiger partial charge on any atom is 0.416 e. The minimum Gasteiger partial charge on any atom is -0.491 e. The molecule has 2 aromatic carbocycles. The smallest absolute Gasteiger partial charge is 0.416 e. The van der Waals surface area contributed by atoms with Crippen LogP contribution in [0.15, 0.2) is 47.4 Å². The van der Waals surface area contributed by atoms with E-state index in [1.807, 2.05) is 6.92 Å². The average Bonchev–Trinajstić information content (AvgIpc) is 2.64. The van der Waals surface area contributed by atoms with Crippen molar-refractivity contribution < 1.29 is 32.5 Å². The predicted octanol–water partition coefficient (Wildman–Crippen LogP) is 5.56. The van der Waals surface area contributed by atoms with Gasteiger partial charge >= 0.3 is 12.1 Å². The molecule has 1 atom stereocenters. The van der Waals surface area contributed by atoms with Gasteiger partial charge < -0.3 is 14.6 Å². The number of carbonyl (C=O) groups is 1. The fourth-order valence-corrected chi connectivity index (χ4v) is 3.72. The first-order chi connectivity index (χ1) is 13.7. The van der Waals surface area contributed by atoms with Gasteiger partial charge in [-0.25, -0.2) is 0 Å². The molecule has 0 fully saturated rings. The number of carboxylic acid groups (broad SMARTS) is 1. The average molecular weight is 449 g/mol. The van der Waals surface area contributed by atoms with Crippen LogP contribution in [0.3, 0.4) is 0 Å². The van der Waals surface area contributed by atoms with Crippen molar-refractivity contribution in [3.8, 4) is 5.75 Å². The van der Waals surface area contributed by atoms with Gasteiger partial charge in [0.15, 0.2) is 0 Å². The Morgan fingerprint density at radius 1 is 1.21 bits per heavy atom. The minimum absolute atomic E-state index is 0.104. The second kappa shape index (κ2) is 10.8. The first kappa shape index (κ1) is 23.4. The van der Waals surface area contributed by atoms with Gasteiger partial charge in [-0.3, -0.25) is 4.79 Å². The number of rotatable bonds is 10. The molecule has 4 nitrogen and oxygen atoms in total. The molecule has 1 unspecified atom stereocenters. The Bertz CT molecular complexity index is 812. The van der Waals surface area contributed by atoms with Crippen LogP contribution in [0.5, 0.6) is 5.75 Å². The number of alkyl halides is 3. The molecule has 9 heteroatoms. The molecule has 2 rings (SSSR count). The molecule has 158 valence electrons. The minimum atomic E-state index is -4.39. The molecule has 29 heavy (non-hydrogen) atoms. The monoisotopic (exact) mass is 448 g/mol. The van der Waals surface area contributed by atoms with Crippen LogP contribution in [0.2, 0.25) is 5.02 Å². The maximum absolute atomic E-state index is 12.6. The fraction of sp³-hybridized carbons (Fsp3) is 0.350. The Hall–Kier alpha value is -1.90. The highest BCUT2D eigenvalue weighted by molar-refractivity contribution is 7.99. The van der Waals surface area contributed by atoms with E-state index in [-0.39, 0.29) is 19.1 Å². The third-order valence-electron chi connectivity index (χ3n) is 3.80. The lowest BCUT2D eigenvalue weighted by Gasteiger charge is -2.18. The van der Waals surface area contributed by atoms with Crippen molar-refractivity contribution in [2.45, 2.75) is 30.5 Å². The molecule has 0 amide bonds. The van der Waals surface area contributed by atoms with Gasteiger partial charge in [0.05, 0.1) is 17.0 Å². The summed E-state index contributed by atoms with van der Waals surface area (Å²) in [5.41, 5.74) is -0.124. The SMILES string of the molecule is CCOC(COc1ccc(C(F)(F)F)cc1)CSc1ccc(CC(=O)O)cc1Cl. The van der Waals surface area contributed by atoms with Crippen molar-refractivity contribution >= 4 is 29.3 Å². The zero-order valence-electron chi connectivity index (χ0n) is 15.5. The normalized spacial score (nSPS) is 12.6. The largest absolute Gasteiger partial charge is 0.491 e. The summed E-state index contributed by atoms with van der Waals surface area (Å²) in [4.78, 5) is 11.6. The highest BCUT2D eigenvalue weighted by Crippen LogP contribution is 2.31. The summed E-state index contributed by atoms with van der Waals surface area (Å²) in [6.45, 7) is 2.46. The van der Waals surface area contributed by atoms with Gasteiger partial charge in [-0.05, 0) is 48.9 Å². The molecule has 0 aromatic heterocycles. The third kappa shape index (κ3) is 7.79. The van der Waals surface area contributed by atoms with Crippen molar-refractivity contribution in [3.63, 3.8) is 0 Å². The first-order valence-electron chi connectivity index (χ1n) is 8.73. The van der Waals surface area contributed by atoms with Gasteiger partial charge in [0, 0.05) is 17.3 Å². The molecular weight excluding hydrogens is 429 g/mol. The number of ether oxygens (including phenoxy) is 2. The molecule has 0 saturated carbocycles. The number of halogens is 4. The summed E-state index contributed by atoms with van der Waals surface area (Å²) < 4.78 is 49.0. The molecule has 0 aliphatic heterocycles. The summed E-state index contributed by atoms with van der Waals surface area (Å²) >= 11 is 7.65. The first-order valence-corrected chi connectivity index (χ1v) is 10.1. The van der Waals surface area contributed by atoms with E-state index in [0.29, 0.717) is 28.7 Å². The molecule has 0 saturated heterocycles. The molecule has 0 bridgehead atoms. The second-order valence-corrected chi connectivity index (χ2v) is 7.53. The summed E-state index contributed by atoms with van der Waals surface area (Å²) in [6, 6.07) is 9.57. The van der Waals surface area contributed by atoms with Gasteiger partial charge in [0.25, 0.3) is 0 Å². The highest BCUT2D eigenvalue weighted by Gasteiger charge is 2.30. The number of aliphatic carboxylic acids is 1. The molecule has 0 aliphatic rings. The van der Waals surface area contributed by atoms with E-state index < -0.39 is 17.7 Å². The van der Waals surface area contributed by atoms with Crippen LogP contribution in [0.1, 0.15) is 18.1 Å². The van der Waals surface area contributed by atoms with E-state index in [1.54, 1.807) is 18.2 Å². The van der Waals surface area contributed by atoms with E-state index in [2.05, 4.69) is 0 Å². The molecule has 0 aliphatic carbocycles. The zero-order valence-corrected chi connectivity index (χ0v) is 17.1. The van der Waals surface area contributed by atoms with E-state index in [4.69, 9.17) is 26.2 Å². The highest BCUT2D eigenvalue weighted by atomic mass is 35.5. The Morgan fingerprint density at radius 3 is 2.45 bits per heavy atom. The van der Waals surface area contributed by atoms with Crippen LogP contribution in [0, 0.1) is 0 Å². The molecule has 0 spiro atoms. The lowest BCUT2D eigenvalue weighted by molar-refractivity contribution is -0.138. The third-order valence-corrected chi connectivity index (χ3v) is 5.43. The topological polar surface area (TPSA) is 55.8 Å². The summed E-state index contributed by atoms with van der Waals surface area (Å²) in [6.07, 6.45) is -4.79. The molecule has 2 aromatic rings. The Kier molecular flexibility index (Phi) is 8.67. The number of thioether (sulfide) groups is 1. The van der Waals surface area contributed by atoms with E-state index in [9.17, 15) is 18.0 Å². The molecule has 0 radical (unpaired) electrons. The second-order valence-electron chi connectivity index (χ2n) is 6.06. The fourth-order valence-electron chi connectivity index (χ4n) is 2.44. The van der Waals surface area contributed by atoms with Crippen molar-refractivity contribution in [2.24, 2.45) is 0 Å². The Morgan fingerprint density at radius 2 is 1.90 bits per heavy atom. The summed E-state index contributed by atoms with van der Waals surface area (Å²) in [7, 11) is 0. The van der Waals surface area contributed by atoms with E-state index in [1.165, 1.54) is 23.9 Å². The van der Waals surface area contributed by atoms with Gasteiger partial charge in [-0.15, -0.1) is 11.8 Å².